The highest BCUT2D eigenvalue weighted by Gasteiger charge is 2.19. The second-order valence-electron chi connectivity index (χ2n) is 4.89. The van der Waals surface area contributed by atoms with E-state index in [-0.39, 0.29) is 17.7 Å². The van der Waals surface area contributed by atoms with Gasteiger partial charge in [0.2, 0.25) is 5.91 Å². The molecule has 0 bridgehead atoms. The van der Waals surface area contributed by atoms with E-state index < -0.39 is 12.0 Å². The number of carbonyl (C=O) groups excluding carboxylic acids is 1. The SMILES string of the molecule is C[C@H](N)C(=O)NCCC(C)(C)CCC(=O)O. The van der Waals surface area contributed by atoms with Crippen LogP contribution in [0.15, 0.2) is 0 Å². The van der Waals surface area contributed by atoms with E-state index >= 15 is 0 Å². The first-order valence-corrected chi connectivity index (χ1v) is 5.50. The van der Waals surface area contributed by atoms with Gasteiger partial charge in [0, 0.05) is 13.0 Å². The summed E-state index contributed by atoms with van der Waals surface area (Å²) in [5.74, 6) is -0.957. The van der Waals surface area contributed by atoms with Crippen LogP contribution in [-0.4, -0.2) is 29.6 Å². The highest BCUT2D eigenvalue weighted by molar-refractivity contribution is 5.80. The number of hydrogen-bond acceptors (Lipinski definition) is 3. The Labute approximate surface area is 96.4 Å². The van der Waals surface area contributed by atoms with E-state index in [1.165, 1.54) is 0 Å². The zero-order chi connectivity index (χ0) is 12.8. The highest BCUT2D eigenvalue weighted by atomic mass is 16.4. The van der Waals surface area contributed by atoms with Gasteiger partial charge >= 0.3 is 5.97 Å². The molecular formula is C11H22N2O3. The third-order valence-corrected chi connectivity index (χ3v) is 2.53. The molecule has 0 rings (SSSR count). The van der Waals surface area contributed by atoms with Gasteiger partial charge in [0.05, 0.1) is 6.04 Å². The van der Waals surface area contributed by atoms with Crippen molar-refractivity contribution in [2.24, 2.45) is 11.1 Å². The van der Waals surface area contributed by atoms with Crippen LogP contribution in [0, 0.1) is 5.41 Å². The molecule has 0 aromatic heterocycles. The van der Waals surface area contributed by atoms with Gasteiger partial charge in [-0.1, -0.05) is 13.8 Å². The normalized spacial score (nSPS) is 13.2. The topological polar surface area (TPSA) is 92.4 Å². The minimum Gasteiger partial charge on any atom is -0.481 e. The van der Waals surface area contributed by atoms with Crippen LogP contribution >= 0.6 is 0 Å². The number of aliphatic carboxylic acids is 1. The average Bonchev–Trinajstić information content (AvgIpc) is 2.14. The lowest BCUT2D eigenvalue weighted by molar-refractivity contribution is -0.137. The molecule has 0 spiro atoms. The molecule has 5 nitrogen and oxygen atoms in total. The van der Waals surface area contributed by atoms with E-state index in [9.17, 15) is 9.59 Å². The van der Waals surface area contributed by atoms with Crippen LogP contribution in [0.1, 0.15) is 40.0 Å². The number of hydrogen-bond donors (Lipinski definition) is 3. The average molecular weight is 230 g/mol. The number of carboxylic acid groups (broad SMARTS) is 1. The minimum absolute atomic E-state index is 0.0799. The molecule has 5 heteroatoms. The van der Waals surface area contributed by atoms with E-state index in [0.29, 0.717) is 13.0 Å². The summed E-state index contributed by atoms with van der Waals surface area (Å²) in [6, 6.07) is -0.498. The van der Waals surface area contributed by atoms with Crippen LogP contribution < -0.4 is 11.1 Å². The van der Waals surface area contributed by atoms with E-state index in [0.717, 1.165) is 6.42 Å². The Balaban J connectivity index is 3.81. The molecular weight excluding hydrogens is 208 g/mol. The number of carboxylic acids is 1. The summed E-state index contributed by atoms with van der Waals surface area (Å²) in [6.45, 7) is 6.15. The summed E-state index contributed by atoms with van der Waals surface area (Å²) < 4.78 is 0. The molecule has 16 heavy (non-hydrogen) atoms. The molecule has 0 aliphatic carbocycles. The monoisotopic (exact) mass is 230 g/mol. The second-order valence-corrected chi connectivity index (χ2v) is 4.89. The fourth-order valence-corrected chi connectivity index (χ4v) is 1.26. The highest BCUT2D eigenvalue weighted by Crippen LogP contribution is 2.25. The van der Waals surface area contributed by atoms with Gasteiger partial charge in [0.1, 0.15) is 0 Å². The Bertz CT molecular complexity index is 250. The fourth-order valence-electron chi connectivity index (χ4n) is 1.26. The number of nitrogens with two attached hydrogens (primary N) is 1. The van der Waals surface area contributed by atoms with Crippen molar-refractivity contribution in [3.05, 3.63) is 0 Å². The lowest BCUT2D eigenvalue weighted by Crippen LogP contribution is -2.39. The lowest BCUT2D eigenvalue weighted by Gasteiger charge is -2.24. The molecule has 1 atom stereocenters. The first-order chi connectivity index (χ1) is 7.24. The molecule has 0 saturated heterocycles. The predicted molar refractivity (Wildman–Crippen MR) is 61.9 cm³/mol. The largest absolute Gasteiger partial charge is 0.481 e. The number of carbonyl (C=O) groups is 2. The standard InChI is InChI=1S/C11H22N2O3/c1-8(12)10(16)13-7-6-11(2,3)5-4-9(14)15/h8H,4-7,12H2,1-3H3,(H,13,16)(H,14,15)/t8-/m0/s1. The maximum Gasteiger partial charge on any atom is 0.303 e. The molecule has 0 radical (unpaired) electrons. The predicted octanol–water partition coefficient (Wildman–Crippen LogP) is 0.731. The molecule has 0 unspecified atom stereocenters. The number of amides is 1. The fraction of sp³-hybridized carbons (Fsp3) is 0.818. The van der Waals surface area contributed by atoms with Crippen LogP contribution in [0.2, 0.25) is 0 Å². The molecule has 0 aliphatic rings. The van der Waals surface area contributed by atoms with Crippen molar-refractivity contribution < 1.29 is 14.7 Å². The van der Waals surface area contributed by atoms with E-state index in [1.54, 1.807) is 6.92 Å². The molecule has 0 aromatic rings. The van der Waals surface area contributed by atoms with Crippen molar-refractivity contribution in [3.63, 3.8) is 0 Å². The molecule has 0 aromatic carbocycles. The molecule has 0 heterocycles. The minimum atomic E-state index is -0.785. The number of rotatable bonds is 7. The van der Waals surface area contributed by atoms with Crippen molar-refractivity contribution in [2.75, 3.05) is 6.54 Å². The Hall–Kier alpha value is -1.10. The smallest absolute Gasteiger partial charge is 0.303 e. The Kier molecular flexibility index (Phi) is 6.03. The summed E-state index contributed by atoms with van der Waals surface area (Å²) in [4.78, 5) is 21.6. The van der Waals surface area contributed by atoms with Crippen LogP contribution in [0.3, 0.4) is 0 Å². The molecule has 4 N–H and O–H groups in total. The van der Waals surface area contributed by atoms with Gasteiger partial charge in [-0.25, -0.2) is 0 Å². The summed E-state index contributed by atoms with van der Waals surface area (Å²) in [5.41, 5.74) is 5.31. The third-order valence-electron chi connectivity index (χ3n) is 2.53. The Morgan fingerprint density at radius 3 is 2.38 bits per heavy atom. The van der Waals surface area contributed by atoms with Gasteiger partial charge < -0.3 is 16.2 Å². The lowest BCUT2D eigenvalue weighted by atomic mass is 9.84. The quantitative estimate of drug-likeness (QED) is 0.601. The van der Waals surface area contributed by atoms with E-state index in [1.807, 2.05) is 13.8 Å². The Morgan fingerprint density at radius 2 is 1.94 bits per heavy atom. The third kappa shape index (κ3) is 7.23. The maximum atomic E-state index is 11.2. The van der Waals surface area contributed by atoms with Gasteiger partial charge in [0.25, 0.3) is 0 Å². The molecule has 0 fully saturated rings. The first kappa shape index (κ1) is 14.9. The van der Waals surface area contributed by atoms with Crippen LogP contribution in [0.4, 0.5) is 0 Å². The van der Waals surface area contributed by atoms with Gasteiger partial charge in [-0.2, -0.15) is 0 Å². The van der Waals surface area contributed by atoms with Crippen molar-refractivity contribution in [3.8, 4) is 0 Å². The van der Waals surface area contributed by atoms with Gasteiger partial charge in [0.15, 0.2) is 0 Å². The first-order valence-electron chi connectivity index (χ1n) is 5.50. The van der Waals surface area contributed by atoms with Gasteiger partial charge in [-0.15, -0.1) is 0 Å². The zero-order valence-electron chi connectivity index (χ0n) is 10.2. The van der Waals surface area contributed by atoms with E-state index in [4.69, 9.17) is 10.8 Å². The molecule has 0 saturated carbocycles. The van der Waals surface area contributed by atoms with Crippen molar-refractivity contribution in [2.45, 2.75) is 46.1 Å². The van der Waals surface area contributed by atoms with Crippen LogP contribution in [-0.2, 0) is 9.59 Å². The van der Waals surface area contributed by atoms with E-state index in [2.05, 4.69) is 5.32 Å². The molecule has 1 amide bonds. The summed E-state index contributed by atoms with van der Waals surface area (Å²) in [6.07, 6.45) is 1.52. The number of nitrogens with one attached hydrogen (secondary N) is 1. The van der Waals surface area contributed by atoms with Crippen molar-refractivity contribution in [1.82, 2.24) is 5.32 Å². The maximum absolute atomic E-state index is 11.2. The van der Waals surface area contributed by atoms with Gasteiger partial charge in [-0.3, -0.25) is 9.59 Å². The summed E-state index contributed by atoms with van der Waals surface area (Å²) in [7, 11) is 0. The van der Waals surface area contributed by atoms with Crippen LogP contribution in [0.25, 0.3) is 0 Å². The van der Waals surface area contributed by atoms with Crippen molar-refractivity contribution in [1.29, 1.82) is 0 Å². The molecule has 0 aliphatic heterocycles. The summed E-state index contributed by atoms with van der Waals surface area (Å²) >= 11 is 0. The second kappa shape index (κ2) is 6.48. The molecule has 94 valence electrons. The zero-order valence-corrected chi connectivity index (χ0v) is 10.2. The summed E-state index contributed by atoms with van der Waals surface area (Å²) in [5, 5.41) is 11.3. The van der Waals surface area contributed by atoms with Gasteiger partial charge in [-0.05, 0) is 25.2 Å². The Morgan fingerprint density at radius 1 is 1.38 bits per heavy atom. The van der Waals surface area contributed by atoms with Crippen molar-refractivity contribution >= 4 is 11.9 Å². The van der Waals surface area contributed by atoms with Crippen LogP contribution in [0.5, 0.6) is 0 Å².